The molecule has 0 spiro atoms. The van der Waals surface area contributed by atoms with E-state index < -0.39 is 127 Å². The van der Waals surface area contributed by atoms with Gasteiger partial charge >= 0.3 is 11.7 Å². The number of carbonyl (C=O) groups excluding carboxylic acids is 9. The van der Waals surface area contributed by atoms with Crippen LogP contribution < -0.4 is 69.4 Å². The molecule has 1 aliphatic carbocycles. The summed E-state index contributed by atoms with van der Waals surface area (Å²) in [6.07, 6.45) is 8.13. The zero-order valence-corrected chi connectivity index (χ0v) is 77.0. The normalized spacial score (nSPS) is 15.4. The van der Waals surface area contributed by atoms with Crippen molar-refractivity contribution < 1.29 is 76.7 Å². The quantitative estimate of drug-likeness (QED) is 0.00977. The van der Waals surface area contributed by atoms with Gasteiger partial charge in [0, 0.05) is 120 Å². The number of amides is 9. The minimum atomic E-state index is -1.43. The number of imide groups is 1. The molecule has 0 radical (unpaired) electrons. The molecular formula is C98H107N17O19S2. The summed E-state index contributed by atoms with van der Waals surface area (Å²) in [7, 11) is 3.13. The highest BCUT2D eigenvalue weighted by Crippen LogP contribution is 2.46. The Balaban J connectivity index is 0.569. The number of carbonyl (C=O) groups is 10. The van der Waals surface area contributed by atoms with E-state index in [9.17, 15) is 67.4 Å². The van der Waals surface area contributed by atoms with Gasteiger partial charge in [0.1, 0.15) is 30.7 Å². The van der Waals surface area contributed by atoms with Crippen LogP contribution in [-0.4, -0.2) is 232 Å². The summed E-state index contributed by atoms with van der Waals surface area (Å²) in [5.41, 5.74) is 7.18. The monoisotopic (exact) mass is 1890 g/mol. The van der Waals surface area contributed by atoms with Crippen LogP contribution in [0.1, 0.15) is 87.1 Å². The third-order valence-corrected chi connectivity index (χ3v) is 26.1. The number of carboxylic acids is 1. The molecule has 710 valence electrons. The second kappa shape index (κ2) is 46.4. The number of ether oxygens (including phenoxy) is 5. The van der Waals surface area contributed by atoms with Gasteiger partial charge in [-0.1, -0.05) is 138 Å². The number of aromatic amines is 1. The molecule has 4 aromatic heterocycles. The number of aliphatic carboxylic acids is 1. The van der Waals surface area contributed by atoms with E-state index in [1.54, 1.807) is 66.3 Å². The van der Waals surface area contributed by atoms with E-state index in [4.69, 9.17) is 39.4 Å². The smallest absolute Gasteiger partial charge is 0.337 e. The Morgan fingerprint density at radius 1 is 0.669 bits per heavy atom. The van der Waals surface area contributed by atoms with Crippen LogP contribution in [0.15, 0.2) is 222 Å². The number of hydrogen-bond acceptors (Lipinski definition) is 25. The van der Waals surface area contributed by atoms with Gasteiger partial charge in [-0.3, -0.25) is 67.0 Å². The second-order valence-corrected chi connectivity index (χ2v) is 35.7. The number of likely N-dealkylation sites (tertiary alicyclic amines) is 1. The molecule has 3 aliphatic heterocycles. The molecule has 3 fully saturated rings. The molecule has 0 unspecified atom stereocenters. The first-order valence-electron chi connectivity index (χ1n) is 44.7. The molecule has 7 heterocycles. The lowest BCUT2D eigenvalue weighted by Crippen LogP contribution is -2.55. The standard InChI is InChI=1S/C98H107N17O19S2/c1-97(106-39-16-19-64-26-31-78(130-3)77(52-64)113-43-35-84(121)115(96(113)129)61-104-90(124)66(54-79(99)116)55-85(122)123)37-44-111(45-38-97)68-33-41-112(42-34-68)95-108-75-30-27-65(74-59-110(2)92(126)86-72(74)32-40-100-86)53-73(75)89(109-95)98(134-69-28-29-69,67-20-10-5-11-21-67)60-133-62-105-82(119)57-103-91(125)76(51-63-17-8-4-9-18-63)107-83(120)58-102-81(118)56-101-80(117)36-47-131-49-50-132-48-46-114-93(127)87(135-70-22-12-6-13-23-70)88(94(114)128)136-71-24-14-7-15-25-71/h4-15,17-18,20-27,30-32,35,40,43,52-53,59,66,68-69,76,100,106H,28-29,33-34,36-39,41-42,44-51,54-58,60-62H2,1-3H3,(H2,99,116)(H,101,117)(H,102,118)(H,103,125)(H,104,124)(H,105,119)(H,107,120)(H,122,123)/t66-,76-,98-/m0/s1. The molecule has 38 heteroatoms. The first-order chi connectivity index (χ1) is 65.8. The summed E-state index contributed by atoms with van der Waals surface area (Å²) in [5, 5.41) is 29.8. The maximum absolute atomic E-state index is 14.1. The number of aromatic nitrogens is 6. The summed E-state index contributed by atoms with van der Waals surface area (Å²) >= 11 is 2.48. The maximum atomic E-state index is 14.1. The summed E-state index contributed by atoms with van der Waals surface area (Å²) in [5.74, 6) is -1.27. The van der Waals surface area contributed by atoms with Crippen molar-refractivity contribution in [2.45, 2.75) is 117 Å². The van der Waals surface area contributed by atoms with Crippen molar-refractivity contribution in [1.29, 1.82) is 0 Å². The SMILES string of the molecule is COc1ccc(C#CCNC2(C)CCN(C3CCN(c4nc([C@@](COCNC(=O)CNC(=O)[C@H](Cc5ccccc5)NC(=O)CNC(=O)CNC(=O)CCOCCOCCN5C(=O)C(Sc6ccccc6)=C(Sc6ccccc6)C5=O)(OC5CC5)c5ccccc5)c5cc(-c6cn(C)c(=O)c7[nH]ccc67)ccc5n4)CC3)CC2)cc1-n1ccc(=O)n(CNC(=O)[C@@H](CC(N)=O)CC(=O)O)c1=O. The molecule has 3 atom stereocenters. The number of thioether (sulfide) groups is 2. The number of primary amides is 1. The third kappa shape index (κ3) is 25.6. The molecule has 6 aromatic carbocycles. The number of aryl methyl sites for hydroxylation is 1. The molecule has 136 heavy (non-hydrogen) atoms. The number of carboxylic acid groups (broad SMARTS) is 1. The van der Waals surface area contributed by atoms with Crippen molar-refractivity contribution in [2.75, 3.05) is 111 Å². The number of benzene rings is 6. The van der Waals surface area contributed by atoms with Crippen LogP contribution in [0.25, 0.3) is 38.6 Å². The number of nitrogens with zero attached hydrogens (tertiary/aromatic N) is 8. The van der Waals surface area contributed by atoms with Crippen LogP contribution >= 0.6 is 23.5 Å². The van der Waals surface area contributed by atoms with Gasteiger partial charge < -0.3 is 91.1 Å². The predicted octanol–water partition coefficient (Wildman–Crippen LogP) is 5.48. The zero-order chi connectivity index (χ0) is 95.8. The molecule has 4 aliphatic rings. The lowest BCUT2D eigenvalue weighted by molar-refractivity contribution is -0.142. The highest BCUT2D eigenvalue weighted by atomic mass is 32.2. The van der Waals surface area contributed by atoms with Crippen molar-refractivity contribution >= 4 is 110 Å². The lowest BCUT2D eigenvalue weighted by Gasteiger charge is -2.45. The maximum Gasteiger partial charge on any atom is 0.337 e. The fourth-order valence-corrected chi connectivity index (χ4v) is 18.4. The Bertz CT molecular complexity index is 6250. The minimum Gasteiger partial charge on any atom is -0.495 e. The van der Waals surface area contributed by atoms with Gasteiger partial charge in [0.25, 0.3) is 22.9 Å². The van der Waals surface area contributed by atoms with Crippen molar-refractivity contribution in [1.82, 2.24) is 75.7 Å². The number of methoxy groups -OCH3 is 1. The summed E-state index contributed by atoms with van der Waals surface area (Å²) in [6.45, 7) is 3.09. The van der Waals surface area contributed by atoms with Crippen molar-refractivity contribution in [3.8, 4) is 34.4 Å². The molecule has 11 N–H and O–H groups in total. The minimum absolute atomic E-state index is 0.00864. The van der Waals surface area contributed by atoms with Crippen LogP contribution in [0.5, 0.6) is 5.75 Å². The topological polar surface area (TPSA) is 465 Å². The molecule has 0 bridgehead atoms. The first-order valence-corrected chi connectivity index (χ1v) is 46.4. The first kappa shape index (κ1) is 98.1. The average Bonchev–Trinajstić information content (AvgIpc) is 1.20. The van der Waals surface area contributed by atoms with E-state index in [1.165, 1.54) is 46.3 Å². The van der Waals surface area contributed by atoms with Gasteiger partial charge in [-0.2, -0.15) is 0 Å². The molecule has 1 saturated carbocycles. The number of rotatable bonds is 45. The van der Waals surface area contributed by atoms with E-state index >= 15 is 0 Å². The molecule has 14 rings (SSSR count). The van der Waals surface area contributed by atoms with Crippen LogP contribution in [0, 0.1) is 17.8 Å². The number of pyridine rings is 1. The summed E-state index contributed by atoms with van der Waals surface area (Å²) < 4.78 is 34.3. The Kier molecular flexibility index (Phi) is 33.4. The molecule has 10 aromatic rings. The lowest BCUT2D eigenvalue weighted by atomic mass is 9.87. The van der Waals surface area contributed by atoms with E-state index in [2.05, 4.69) is 70.8 Å². The Morgan fingerprint density at radius 2 is 1.32 bits per heavy atom. The Labute approximate surface area is 790 Å². The number of piperidine rings is 2. The van der Waals surface area contributed by atoms with Gasteiger partial charge in [0.15, 0.2) is 5.60 Å². The van der Waals surface area contributed by atoms with E-state index in [0.29, 0.717) is 68.6 Å². The van der Waals surface area contributed by atoms with Gasteiger partial charge in [0.05, 0.1) is 118 Å². The average molecular weight is 1890 g/mol. The summed E-state index contributed by atoms with van der Waals surface area (Å²) in [6, 6.07) is 50.3. The Morgan fingerprint density at radius 3 is 1.99 bits per heavy atom. The van der Waals surface area contributed by atoms with Crippen molar-refractivity contribution in [3.05, 3.63) is 252 Å². The van der Waals surface area contributed by atoms with Crippen LogP contribution in [0.2, 0.25) is 0 Å². The predicted molar refractivity (Wildman–Crippen MR) is 508 cm³/mol. The molecular weight excluding hydrogens is 1780 g/mol. The van der Waals surface area contributed by atoms with Crippen molar-refractivity contribution in [3.63, 3.8) is 0 Å². The fraction of sp³-hybridized carbons (Fsp3) is 0.357. The van der Waals surface area contributed by atoms with Gasteiger partial charge in [-0.15, -0.1) is 0 Å². The van der Waals surface area contributed by atoms with E-state index in [0.717, 1.165) is 94.1 Å². The molecule has 9 amide bonds. The van der Waals surface area contributed by atoms with Gasteiger partial charge in [-0.25, -0.2) is 19.3 Å². The highest BCUT2D eigenvalue weighted by Gasteiger charge is 2.46. The van der Waals surface area contributed by atoms with E-state index in [-0.39, 0.29) is 93.8 Å². The number of hydrogen-bond donors (Lipinski definition) is 10. The number of nitrogens with one attached hydrogen (secondary N) is 8. The Hall–Kier alpha value is -13.9. The number of H-pyrrole nitrogens is 1. The number of fused-ring (bicyclic) bond motifs is 2. The van der Waals surface area contributed by atoms with Crippen LogP contribution in [-0.2, 0) is 92.6 Å². The fourth-order valence-electron chi connectivity index (χ4n) is 16.3. The molecule has 36 nitrogen and oxygen atoms in total. The second-order valence-electron chi connectivity index (χ2n) is 33.5. The van der Waals surface area contributed by atoms with Crippen molar-refractivity contribution in [2.24, 2.45) is 18.7 Å². The molecule has 2 saturated heterocycles. The number of nitrogens with two attached hydrogens (primary N) is 1. The summed E-state index contributed by atoms with van der Waals surface area (Å²) in [4.78, 5) is 193. The van der Waals surface area contributed by atoms with Gasteiger partial charge in [-0.05, 0) is 123 Å². The third-order valence-electron chi connectivity index (χ3n) is 23.8. The van der Waals surface area contributed by atoms with E-state index in [1.807, 2.05) is 121 Å². The highest BCUT2D eigenvalue weighted by molar-refractivity contribution is 8.08. The largest absolute Gasteiger partial charge is 0.495 e. The van der Waals surface area contributed by atoms with Crippen LogP contribution in [0.4, 0.5) is 5.95 Å². The van der Waals surface area contributed by atoms with Gasteiger partial charge in [0.2, 0.25) is 47.3 Å². The zero-order valence-electron chi connectivity index (χ0n) is 75.4. The van der Waals surface area contributed by atoms with Crippen LogP contribution in [0.3, 0.4) is 0 Å². The number of anilines is 1.